The molecular formula is C23H27N3O9S2. The van der Waals surface area contributed by atoms with Crippen LogP contribution in [0.25, 0.3) is 0 Å². The predicted octanol–water partition coefficient (Wildman–Crippen LogP) is 1.34. The quantitative estimate of drug-likeness (QED) is 0.413. The summed E-state index contributed by atoms with van der Waals surface area (Å²) in [7, 11) is -5.43. The van der Waals surface area contributed by atoms with Crippen LogP contribution in [0.3, 0.4) is 0 Å². The maximum absolute atomic E-state index is 13.7. The molecule has 0 aromatic heterocycles. The summed E-state index contributed by atoms with van der Waals surface area (Å²) in [5.74, 6) is -2.59. The van der Waals surface area contributed by atoms with Crippen molar-refractivity contribution in [2.45, 2.75) is 24.8 Å². The number of benzene rings is 2. The van der Waals surface area contributed by atoms with Crippen molar-refractivity contribution >= 4 is 43.3 Å². The number of sulfone groups is 1. The first-order valence-corrected chi connectivity index (χ1v) is 14.5. The van der Waals surface area contributed by atoms with Crippen molar-refractivity contribution in [2.75, 3.05) is 38.1 Å². The number of sulfonamides is 1. The van der Waals surface area contributed by atoms with Crippen molar-refractivity contribution in [3.05, 3.63) is 47.0 Å². The third-order valence-corrected chi connectivity index (χ3v) is 7.92. The van der Waals surface area contributed by atoms with Gasteiger partial charge in [0.1, 0.15) is 9.84 Å². The number of hydrogen-bond donors (Lipinski definition) is 2. The number of ether oxygens (including phenoxy) is 2. The van der Waals surface area contributed by atoms with Gasteiger partial charge in [0.2, 0.25) is 15.9 Å². The number of rotatable bonds is 10. The zero-order valence-electron chi connectivity index (χ0n) is 20.8. The van der Waals surface area contributed by atoms with Crippen molar-refractivity contribution < 1.29 is 40.7 Å². The Balaban J connectivity index is 2.28. The molecule has 0 fully saturated rings. The molecule has 1 aliphatic rings. The van der Waals surface area contributed by atoms with Gasteiger partial charge in [0.15, 0.2) is 11.5 Å². The lowest BCUT2D eigenvalue weighted by Gasteiger charge is -2.27. The minimum Gasteiger partial charge on any atom is -0.493 e. The Kier molecular flexibility index (Phi) is 7.95. The zero-order valence-corrected chi connectivity index (χ0v) is 22.4. The highest BCUT2D eigenvalue weighted by Gasteiger charge is 2.46. The molecule has 2 N–H and O–H groups in total. The molecule has 1 atom stereocenters. The van der Waals surface area contributed by atoms with Crippen LogP contribution in [0.5, 0.6) is 11.5 Å². The molecule has 3 amide bonds. The molecule has 0 radical (unpaired) electrons. The first-order chi connectivity index (χ1) is 17.3. The second-order valence-corrected chi connectivity index (χ2v) is 12.2. The Morgan fingerprint density at radius 2 is 1.68 bits per heavy atom. The van der Waals surface area contributed by atoms with Crippen LogP contribution in [0.15, 0.2) is 35.2 Å². The summed E-state index contributed by atoms with van der Waals surface area (Å²) < 4.78 is 63.2. The molecule has 2 aromatic carbocycles. The average molecular weight is 554 g/mol. The Morgan fingerprint density at radius 3 is 2.22 bits per heavy atom. The lowest BCUT2D eigenvalue weighted by Crippen LogP contribution is -2.38. The first-order valence-electron chi connectivity index (χ1n) is 11.0. The normalized spacial score (nSPS) is 14.4. The van der Waals surface area contributed by atoms with E-state index in [0.29, 0.717) is 10.6 Å². The largest absolute Gasteiger partial charge is 0.493 e. The summed E-state index contributed by atoms with van der Waals surface area (Å²) in [5.41, 5.74) is -0.666. The van der Waals surface area contributed by atoms with Gasteiger partial charge in [-0.1, -0.05) is 6.07 Å². The molecule has 0 unspecified atom stereocenters. The number of anilines is 1. The van der Waals surface area contributed by atoms with Gasteiger partial charge in [-0.3, -0.25) is 19.3 Å². The number of nitrogens with zero attached hydrogens (tertiary/aromatic N) is 1. The lowest BCUT2D eigenvalue weighted by atomic mass is 10.1. The summed E-state index contributed by atoms with van der Waals surface area (Å²) >= 11 is 0. The van der Waals surface area contributed by atoms with Crippen molar-refractivity contribution in [3.8, 4) is 11.5 Å². The van der Waals surface area contributed by atoms with E-state index < -0.39 is 59.8 Å². The number of imide groups is 1. The molecule has 200 valence electrons. The Hall–Kier alpha value is -3.49. The fraction of sp³-hybridized carbons (Fsp3) is 0.348. The van der Waals surface area contributed by atoms with Crippen LogP contribution < -0.4 is 19.5 Å². The fourth-order valence-electron chi connectivity index (χ4n) is 4.04. The summed E-state index contributed by atoms with van der Waals surface area (Å²) in [5, 5.41) is 2.43. The molecule has 37 heavy (non-hydrogen) atoms. The summed E-state index contributed by atoms with van der Waals surface area (Å²) in [4.78, 5) is 39.4. The number of carbonyl (C=O) groups is 3. The molecule has 0 saturated carbocycles. The van der Waals surface area contributed by atoms with Gasteiger partial charge in [-0.2, -0.15) is 0 Å². The number of hydrogen-bond acceptors (Lipinski definition) is 9. The zero-order chi connectivity index (χ0) is 27.7. The fourth-order valence-corrected chi connectivity index (χ4v) is 5.88. The predicted molar refractivity (Wildman–Crippen MR) is 134 cm³/mol. The molecule has 0 bridgehead atoms. The first kappa shape index (κ1) is 28.1. The third-order valence-electron chi connectivity index (χ3n) is 5.55. The van der Waals surface area contributed by atoms with Crippen molar-refractivity contribution in [1.82, 2.24) is 9.62 Å². The second-order valence-electron chi connectivity index (χ2n) is 8.18. The smallest absolute Gasteiger partial charge is 0.264 e. The van der Waals surface area contributed by atoms with Crippen LogP contribution in [0.2, 0.25) is 0 Å². The summed E-state index contributed by atoms with van der Waals surface area (Å²) in [6.07, 6.45) is 0.949. The van der Waals surface area contributed by atoms with Crippen LogP contribution in [0, 0.1) is 0 Å². The van der Waals surface area contributed by atoms with Crippen molar-refractivity contribution in [2.24, 2.45) is 0 Å². The standard InChI is InChI=1S/C23H27N3O9S2/c1-6-35-18-11-14(7-9-17(18)34-4)16(12-36(5,30)31)26-22(28)20-15(25-13(2)27)8-10-19(21(20)23(26)29)37(32,33)24-3/h7-11,16,24H,6,12H2,1-5H3,(H,25,27)/t16-/m1/s1. The molecule has 3 rings (SSSR count). The van der Waals surface area contributed by atoms with Gasteiger partial charge in [-0.25, -0.2) is 21.6 Å². The van der Waals surface area contributed by atoms with Gasteiger partial charge in [-0.05, 0) is 43.8 Å². The Labute approximate surface area is 214 Å². The molecule has 0 saturated heterocycles. The molecule has 1 heterocycles. The van der Waals surface area contributed by atoms with E-state index in [-0.39, 0.29) is 29.2 Å². The molecule has 14 heteroatoms. The molecule has 0 aliphatic carbocycles. The third kappa shape index (κ3) is 5.60. The maximum atomic E-state index is 13.7. The minimum absolute atomic E-state index is 0.0822. The van der Waals surface area contributed by atoms with Crippen LogP contribution >= 0.6 is 0 Å². The minimum atomic E-state index is -4.21. The van der Waals surface area contributed by atoms with Gasteiger partial charge >= 0.3 is 0 Å². The number of methoxy groups -OCH3 is 1. The summed E-state index contributed by atoms with van der Waals surface area (Å²) in [6.45, 7) is 3.18. The molecule has 2 aromatic rings. The molecular weight excluding hydrogens is 526 g/mol. The van der Waals surface area contributed by atoms with E-state index in [1.54, 1.807) is 6.92 Å². The van der Waals surface area contributed by atoms with Crippen molar-refractivity contribution in [3.63, 3.8) is 0 Å². The van der Waals surface area contributed by atoms with Gasteiger partial charge in [0.05, 0.1) is 47.2 Å². The van der Waals surface area contributed by atoms with E-state index in [4.69, 9.17) is 9.47 Å². The molecule has 12 nitrogen and oxygen atoms in total. The van der Waals surface area contributed by atoms with E-state index in [2.05, 4.69) is 10.0 Å². The van der Waals surface area contributed by atoms with Crippen LogP contribution in [0.1, 0.15) is 46.2 Å². The highest BCUT2D eigenvalue weighted by atomic mass is 32.2. The van der Waals surface area contributed by atoms with Crippen LogP contribution in [-0.2, 0) is 24.7 Å². The molecule has 1 aliphatic heterocycles. The maximum Gasteiger partial charge on any atom is 0.264 e. The highest BCUT2D eigenvalue weighted by molar-refractivity contribution is 7.90. The number of nitrogens with one attached hydrogen (secondary N) is 2. The Bertz CT molecular complexity index is 1490. The SMILES string of the molecule is CCOc1cc([C@@H](CS(C)(=O)=O)N2C(=O)c3c(NC(C)=O)ccc(S(=O)(=O)NC)c3C2=O)ccc1OC. The van der Waals surface area contributed by atoms with E-state index in [1.165, 1.54) is 38.3 Å². The van der Waals surface area contributed by atoms with Gasteiger partial charge in [-0.15, -0.1) is 0 Å². The monoisotopic (exact) mass is 553 g/mol. The average Bonchev–Trinajstić information content (AvgIpc) is 3.07. The number of fused-ring (bicyclic) bond motifs is 1. The van der Waals surface area contributed by atoms with Crippen molar-refractivity contribution in [1.29, 1.82) is 0 Å². The van der Waals surface area contributed by atoms with Crippen LogP contribution in [-0.4, -0.2) is 72.2 Å². The highest BCUT2D eigenvalue weighted by Crippen LogP contribution is 2.40. The van der Waals surface area contributed by atoms with Crippen LogP contribution in [0.4, 0.5) is 5.69 Å². The Morgan fingerprint density at radius 1 is 1.03 bits per heavy atom. The van der Waals surface area contributed by atoms with E-state index in [0.717, 1.165) is 19.4 Å². The second kappa shape index (κ2) is 10.5. The number of carbonyl (C=O) groups excluding carboxylic acids is 3. The van der Waals surface area contributed by atoms with E-state index in [9.17, 15) is 31.2 Å². The number of amides is 3. The van der Waals surface area contributed by atoms with Gasteiger partial charge in [0.25, 0.3) is 11.8 Å². The van der Waals surface area contributed by atoms with E-state index in [1.807, 2.05) is 0 Å². The molecule has 0 spiro atoms. The lowest BCUT2D eigenvalue weighted by molar-refractivity contribution is -0.114. The van der Waals surface area contributed by atoms with E-state index >= 15 is 0 Å². The summed E-state index contributed by atoms with van der Waals surface area (Å²) in [6, 6.07) is 5.40. The topological polar surface area (TPSA) is 165 Å². The van der Waals surface area contributed by atoms with Gasteiger partial charge < -0.3 is 14.8 Å². The van der Waals surface area contributed by atoms with Gasteiger partial charge in [0, 0.05) is 13.2 Å².